The van der Waals surface area contributed by atoms with E-state index in [1.54, 1.807) is 0 Å². The summed E-state index contributed by atoms with van der Waals surface area (Å²) in [7, 11) is 0. The topological polar surface area (TPSA) is 99.3 Å². The van der Waals surface area contributed by atoms with Crippen molar-refractivity contribution in [2.45, 2.75) is 0 Å². The van der Waals surface area contributed by atoms with Gasteiger partial charge in [0.15, 0.2) is 0 Å². The molecule has 3 rings (SSSR count). The van der Waals surface area contributed by atoms with Gasteiger partial charge in [-0.05, 0) is 23.4 Å². The van der Waals surface area contributed by atoms with Crippen molar-refractivity contribution in [3.63, 3.8) is 0 Å². The first kappa shape index (κ1) is 9.04. The number of H-pyrrole nitrogens is 2. The Bertz CT molecular complexity index is 669. The molecule has 0 saturated carbocycles. The lowest BCUT2D eigenvalue weighted by Gasteiger charge is -2.00. The average Bonchev–Trinajstić information content (AvgIpc) is 2.85. The normalized spacial score (nSPS) is 10.8. The van der Waals surface area contributed by atoms with Crippen molar-refractivity contribution in [1.29, 1.82) is 0 Å². The predicted molar refractivity (Wildman–Crippen MR) is 59.9 cm³/mol. The maximum atomic E-state index is 11.1. The van der Waals surface area contributed by atoms with Crippen LogP contribution < -0.4 is 11.0 Å². The maximum absolute atomic E-state index is 11.1. The van der Waals surface area contributed by atoms with E-state index < -0.39 is 0 Å². The minimum Gasteiger partial charge on any atom is -0.329 e. The summed E-state index contributed by atoms with van der Waals surface area (Å²) in [6, 6.07) is 5.46. The van der Waals surface area contributed by atoms with Gasteiger partial charge in [-0.1, -0.05) is 9.59 Å². The first-order valence-corrected chi connectivity index (χ1v) is 5.23. The minimum atomic E-state index is -0.218. The van der Waals surface area contributed by atoms with E-state index in [9.17, 15) is 4.79 Å². The smallest absolute Gasteiger partial charge is 0.323 e. The summed E-state index contributed by atoms with van der Waals surface area (Å²) < 4.78 is 3.64. The summed E-state index contributed by atoms with van der Waals surface area (Å²) in [6.45, 7) is 0. The van der Waals surface area contributed by atoms with E-state index >= 15 is 0 Å². The SMILES string of the molecule is O=c1[nH]c2ccc(Nc3nnns3)cc2[nH]1. The van der Waals surface area contributed by atoms with Crippen molar-refractivity contribution in [2.75, 3.05) is 5.32 Å². The molecule has 0 spiro atoms. The Balaban J connectivity index is 2.01. The zero-order valence-electron chi connectivity index (χ0n) is 7.89. The zero-order valence-corrected chi connectivity index (χ0v) is 8.71. The van der Waals surface area contributed by atoms with Gasteiger partial charge in [0, 0.05) is 17.2 Å². The van der Waals surface area contributed by atoms with Crippen molar-refractivity contribution in [3.8, 4) is 0 Å². The van der Waals surface area contributed by atoms with Crippen LogP contribution in [0.25, 0.3) is 11.0 Å². The highest BCUT2D eigenvalue weighted by Gasteiger charge is 2.02. The lowest BCUT2D eigenvalue weighted by Crippen LogP contribution is -1.99. The number of rotatable bonds is 2. The van der Waals surface area contributed by atoms with Crippen molar-refractivity contribution in [3.05, 3.63) is 28.7 Å². The van der Waals surface area contributed by atoms with Gasteiger partial charge in [0.05, 0.1) is 11.0 Å². The average molecular weight is 234 g/mol. The van der Waals surface area contributed by atoms with Gasteiger partial charge < -0.3 is 15.3 Å². The second-order valence-electron chi connectivity index (χ2n) is 3.13. The van der Waals surface area contributed by atoms with Crippen molar-refractivity contribution >= 4 is 33.4 Å². The third-order valence-electron chi connectivity index (χ3n) is 2.07. The Labute approximate surface area is 92.7 Å². The molecule has 0 radical (unpaired) electrons. The molecule has 0 amide bonds. The van der Waals surface area contributed by atoms with E-state index in [1.807, 2.05) is 18.2 Å². The quantitative estimate of drug-likeness (QED) is 0.610. The van der Waals surface area contributed by atoms with Gasteiger partial charge in [-0.15, -0.1) is 0 Å². The van der Waals surface area contributed by atoms with Crippen molar-refractivity contribution < 1.29 is 0 Å². The number of aromatic amines is 2. The molecule has 0 aliphatic carbocycles. The van der Waals surface area contributed by atoms with Crippen LogP contribution in [-0.2, 0) is 0 Å². The fourth-order valence-corrected chi connectivity index (χ4v) is 1.80. The summed E-state index contributed by atoms with van der Waals surface area (Å²) in [4.78, 5) is 16.4. The maximum Gasteiger partial charge on any atom is 0.323 e. The Hall–Kier alpha value is -2.22. The minimum absolute atomic E-state index is 0.218. The molecule has 8 heteroatoms. The number of hydrogen-bond donors (Lipinski definition) is 3. The van der Waals surface area contributed by atoms with Crippen LogP contribution in [0.5, 0.6) is 0 Å². The molecular formula is C8H6N6OS. The molecule has 0 fully saturated rings. The van der Waals surface area contributed by atoms with E-state index in [2.05, 4.69) is 30.1 Å². The number of imidazole rings is 1. The van der Waals surface area contributed by atoms with Crippen LogP contribution in [0.2, 0.25) is 0 Å². The first-order valence-electron chi connectivity index (χ1n) is 4.45. The van der Waals surface area contributed by atoms with E-state index in [1.165, 1.54) is 11.5 Å². The molecule has 0 aliphatic rings. The summed E-state index contributed by atoms with van der Waals surface area (Å²) in [5, 5.41) is 10.9. The van der Waals surface area contributed by atoms with Gasteiger partial charge in [0.25, 0.3) is 0 Å². The predicted octanol–water partition coefficient (Wildman–Crippen LogP) is 0.846. The van der Waals surface area contributed by atoms with Gasteiger partial charge in [-0.2, -0.15) is 0 Å². The number of anilines is 2. The molecule has 0 unspecified atom stereocenters. The third-order valence-corrected chi connectivity index (χ3v) is 2.58. The lowest BCUT2D eigenvalue weighted by molar-refractivity contribution is 0.961. The Morgan fingerprint density at radius 1 is 1.25 bits per heavy atom. The van der Waals surface area contributed by atoms with Crippen LogP contribution in [0.4, 0.5) is 10.8 Å². The Kier molecular flexibility index (Phi) is 1.93. The number of nitrogens with one attached hydrogen (secondary N) is 3. The highest BCUT2D eigenvalue weighted by molar-refractivity contribution is 7.09. The van der Waals surface area contributed by atoms with Crippen LogP contribution in [0, 0.1) is 0 Å². The van der Waals surface area contributed by atoms with Crippen LogP contribution in [0.15, 0.2) is 23.0 Å². The Morgan fingerprint density at radius 2 is 2.12 bits per heavy atom. The van der Waals surface area contributed by atoms with Gasteiger partial charge in [-0.25, -0.2) is 4.79 Å². The molecule has 16 heavy (non-hydrogen) atoms. The van der Waals surface area contributed by atoms with Crippen molar-refractivity contribution in [2.24, 2.45) is 0 Å². The monoisotopic (exact) mass is 234 g/mol. The fraction of sp³-hybridized carbons (Fsp3) is 0. The Morgan fingerprint density at radius 3 is 2.94 bits per heavy atom. The standard InChI is InChI=1S/C8H6N6OS/c15-7-10-5-2-1-4(3-6(5)11-7)9-8-12-13-14-16-8/h1-3H,(H,9,12,14)(H2,10,11,15). The van der Waals surface area contributed by atoms with Crippen LogP contribution in [-0.4, -0.2) is 24.8 Å². The fourth-order valence-electron chi connectivity index (χ4n) is 1.42. The molecule has 2 aromatic heterocycles. The number of nitrogens with zero attached hydrogens (tertiary/aromatic N) is 3. The molecule has 3 N–H and O–H groups in total. The first-order chi connectivity index (χ1) is 7.81. The third kappa shape index (κ3) is 1.54. The number of fused-ring (bicyclic) bond motifs is 1. The molecule has 0 atom stereocenters. The van der Waals surface area contributed by atoms with E-state index in [0.717, 1.165) is 16.7 Å². The van der Waals surface area contributed by atoms with Crippen LogP contribution in [0.1, 0.15) is 0 Å². The largest absolute Gasteiger partial charge is 0.329 e. The zero-order chi connectivity index (χ0) is 11.0. The highest BCUT2D eigenvalue weighted by atomic mass is 32.1. The van der Waals surface area contributed by atoms with Gasteiger partial charge in [0.1, 0.15) is 0 Å². The summed E-state index contributed by atoms with van der Waals surface area (Å²) in [5.41, 5.74) is 2.12. The molecule has 0 bridgehead atoms. The molecule has 0 aliphatic heterocycles. The lowest BCUT2D eigenvalue weighted by atomic mass is 10.3. The van der Waals surface area contributed by atoms with Gasteiger partial charge in [-0.3, -0.25) is 0 Å². The molecule has 0 saturated heterocycles. The highest BCUT2D eigenvalue weighted by Crippen LogP contribution is 2.19. The molecule has 1 aromatic carbocycles. The molecular weight excluding hydrogens is 228 g/mol. The number of aromatic nitrogens is 5. The summed E-state index contributed by atoms with van der Waals surface area (Å²) >= 11 is 1.17. The number of hydrogen-bond acceptors (Lipinski definition) is 6. The van der Waals surface area contributed by atoms with Gasteiger partial charge in [0.2, 0.25) is 5.13 Å². The molecule has 80 valence electrons. The van der Waals surface area contributed by atoms with Gasteiger partial charge >= 0.3 is 5.69 Å². The van der Waals surface area contributed by atoms with Crippen LogP contribution >= 0.6 is 11.5 Å². The second kappa shape index (κ2) is 3.42. The second-order valence-corrected chi connectivity index (χ2v) is 3.86. The molecule has 3 aromatic rings. The van der Waals surface area contributed by atoms with Crippen molar-refractivity contribution in [1.82, 2.24) is 24.8 Å². The summed E-state index contributed by atoms with van der Waals surface area (Å²) in [6.07, 6.45) is 0. The summed E-state index contributed by atoms with van der Waals surface area (Å²) in [5.74, 6) is 0. The van der Waals surface area contributed by atoms with E-state index in [4.69, 9.17) is 0 Å². The van der Waals surface area contributed by atoms with E-state index in [0.29, 0.717) is 5.13 Å². The van der Waals surface area contributed by atoms with E-state index in [-0.39, 0.29) is 5.69 Å². The molecule has 7 nitrogen and oxygen atoms in total. The van der Waals surface area contributed by atoms with Crippen LogP contribution in [0.3, 0.4) is 0 Å². The molecule has 2 heterocycles. The number of benzene rings is 1.